The number of furan rings is 1. The largest absolute Gasteiger partial charge is 0.462 e. The molecule has 0 unspecified atom stereocenters. The Morgan fingerprint density at radius 2 is 1.74 bits per heavy atom. The second-order valence-electron chi connectivity index (χ2n) is 9.61. The lowest BCUT2D eigenvalue weighted by molar-refractivity contribution is -0.764. The van der Waals surface area contributed by atoms with Gasteiger partial charge in [-0.15, -0.1) is 0 Å². The molecule has 2 aromatic heterocycles. The number of carbonyl (C=O) groups excluding carboxylic acids is 2. The normalized spacial score (nSPS) is 13.8. The summed E-state index contributed by atoms with van der Waals surface area (Å²) >= 11 is 1.40. The van der Waals surface area contributed by atoms with Crippen LogP contribution in [0.15, 0.2) is 105 Å². The Hall–Kier alpha value is -4.96. The van der Waals surface area contributed by atoms with Gasteiger partial charge < -0.3 is 9.15 Å². The van der Waals surface area contributed by atoms with Crippen molar-refractivity contribution < 1.29 is 23.4 Å². The molecule has 210 valence electrons. The molecular weight excluding hydrogens is 552 g/mol. The number of aromatic amines is 1. The number of carbonyl (C=O) groups is 2. The van der Waals surface area contributed by atoms with Gasteiger partial charge in [-0.2, -0.15) is 0 Å². The Bertz CT molecular complexity index is 1830. The van der Waals surface area contributed by atoms with Gasteiger partial charge in [-0.05, 0) is 53.6 Å². The molecule has 1 aliphatic rings. The molecule has 0 aliphatic carbocycles. The molecule has 0 fully saturated rings. The van der Waals surface area contributed by atoms with Crippen LogP contribution in [0.5, 0.6) is 0 Å². The first-order valence-electron chi connectivity index (χ1n) is 13.4. The van der Waals surface area contributed by atoms with Crippen LogP contribution in [0.3, 0.4) is 0 Å². The smallest absolute Gasteiger partial charge is 0.338 e. The zero-order valence-electron chi connectivity index (χ0n) is 22.9. The van der Waals surface area contributed by atoms with Gasteiger partial charge in [0.05, 0.1) is 23.4 Å². The molecule has 9 nitrogen and oxygen atoms in total. The minimum Gasteiger partial charge on any atom is -0.462 e. The number of hydrogen-bond donors (Lipinski definition) is 1. The molecular formula is C32H27N4O5S+. The van der Waals surface area contributed by atoms with Crippen molar-refractivity contribution in [2.45, 2.75) is 30.9 Å². The van der Waals surface area contributed by atoms with E-state index < -0.39 is 12.1 Å². The van der Waals surface area contributed by atoms with Crippen molar-refractivity contribution in [1.82, 2.24) is 10.1 Å². The summed E-state index contributed by atoms with van der Waals surface area (Å²) in [5.74, 6) is 0.935. The van der Waals surface area contributed by atoms with Crippen LogP contribution in [-0.2, 0) is 15.3 Å². The quantitative estimate of drug-likeness (QED) is 0.157. The number of nitrogens with zero attached hydrogens (tertiary/aromatic N) is 3. The number of hydrogen-bond acceptors (Lipinski definition) is 7. The Kier molecular flexibility index (Phi) is 7.45. The number of fused-ring (bicyclic) bond motifs is 3. The maximum Gasteiger partial charge on any atom is 0.338 e. The van der Waals surface area contributed by atoms with Crippen LogP contribution in [0.4, 0.5) is 5.69 Å². The first-order chi connectivity index (χ1) is 20.4. The first-order valence-corrected chi connectivity index (χ1v) is 14.4. The number of benzene rings is 3. The van der Waals surface area contributed by atoms with Crippen molar-refractivity contribution >= 4 is 29.3 Å². The van der Waals surface area contributed by atoms with Crippen LogP contribution in [0.1, 0.15) is 41.7 Å². The Morgan fingerprint density at radius 3 is 2.48 bits per heavy atom. The van der Waals surface area contributed by atoms with Gasteiger partial charge in [0.1, 0.15) is 5.76 Å². The van der Waals surface area contributed by atoms with Gasteiger partial charge in [0.2, 0.25) is 11.1 Å². The second-order valence-corrected chi connectivity index (χ2v) is 10.6. The third-order valence-corrected chi connectivity index (χ3v) is 7.81. The molecule has 1 aliphatic heterocycles. The predicted molar refractivity (Wildman–Crippen MR) is 158 cm³/mol. The molecule has 3 aromatic carbocycles. The number of anilines is 1. The number of aromatic nitrogens is 3. The number of amides is 1. The van der Waals surface area contributed by atoms with Crippen molar-refractivity contribution in [2.24, 2.45) is 0 Å². The summed E-state index contributed by atoms with van der Waals surface area (Å²) in [6.45, 7) is 3.53. The molecule has 0 saturated carbocycles. The lowest BCUT2D eigenvalue weighted by Gasteiger charge is -2.30. The minimum absolute atomic E-state index is 0.233. The van der Waals surface area contributed by atoms with Gasteiger partial charge in [-0.25, -0.2) is 9.69 Å². The van der Waals surface area contributed by atoms with Gasteiger partial charge in [-0.3, -0.25) is 14.6 Å². The topological polar surface area (TPSA) is 109 Å². The monoisotopic (exact) mass is 579 g/mol. The maximum atomic E-state index is 13.6. The number of esters is 1. The maximum absolute atomic E-state index is 13.6. The summed E-state index contributed by atoms with van der Waals surface area (Å²) in [5, 5.41) is 5.25. The molecule has 0 radical (unpaired) electrons. The molecule has 1 atom stereocenters. The van der Waals surface area contributed by atoms with Crippen LogP contribution in [0.25, 0.3) is 22.6 Å². The fourth-order valence-corrected chi connectivity index (χ4v) is 5.80. The van der Waals surface area contributed by atoms with Crippen LogP contribution in [-0.4, -0.2) is 28.6 Å². The Balaban J connectivity index is 1.43. The molecule has 10 heteroatoms. The average molecular weight is 580 g/mol. The molecule has 1 amide bonds. The van der Waals surface area contributed by atoms with E-state index in [-0.39, 0.29) is 11.5 Å². The van der Waals surface area contributed by atoms with Gasteiger partial charge in [0.15, 0.2) is 5.76 Å². The number of para-hydroxylation sites is 1. The standard InChI is InChI=1S/C32H26N4O5S/c1-3-40-31(39)23-15-13-22(14-16-23)26-17-18-27(41-26)30-35(20(2)37)25-12-8-7-11-24(25)28-29(38)33-32(34-36(28)30)42-19-21-9-5-4-6-10-21/h4-18,30H,3,19H2,1-2H3/p+1/t30-/m0/s1. The van der Waals surface area contributed by atoms with Crippen molar-refractivity contribution in [3.05, 3.63) is 118 Å². The Morgan fingerprint density at radius 1 is 1.00 bits per heavy atom. The summed E-state index contributed by atoms with van der Waals surface area (Å²) in [4.78, 5) is 43.3. The van der Waals surface area contributed by atoms with Gasteiger partial charge in [-0.1, -0.05) is 66.4 Å². The fraction of sp³-hybridized carbons (Fsp3) is 0.156. The van der Waals surface area contributed by atoms with Crippen molar-refractivity contribution in [2.75, 3.05) is 11.5 Å². The van der Waals surface area contributed by atoms with Gasteiger partial charge in [0, 0.05) is 23.3 Å². The van der Waals surface area contributed by atoms with Gasteiger partial charge in [0.25, 0.3) is 0 Å². The van der Waals surface area contributed by atoms with E-state index in [4.69, 9.17) is 14.3 Å². The molecule has 3 heterocycles. The molecule has 42 heavy (non-hydrogen) atoms. The summed E-state index contributed by atoms with van der Waals surface area (Å²) in [7, 11) is 0. The number of H-pyrrole nitrogens is 1. The lowest BCUT2D eigenvalue weighted by Crippen LogP contribution is -2.60. The predicted octanol–water partition coefficient (Wildman–Crippen LogP) is 5.37. The van der Waals surface area contributed by atoms with E-state index in [0.29, 0.717) is 51.5 Å². The van der Waals surface area contributed by atoms with Crippen LogP contribution < -0.4 is 15.1 Å². The summed E-state index contributed by atoms with van der Waals surface area (Å²) < 4.78 is 13.0. The van der Waals surface area contributed by atoms with E-state index in [9.17, 15) is 14.4 Å². The van der Waals surface area contributed by atoms with E-state index >= 15 is 0 Å². The highest BCUT2D eigenvalue weighted by Gasteiger charge is 2.46. The third-order valence-electron chi connectivity index (χ3n) is 6.88. The molecule has 0 saturated heterocycles. The molecule has 5 aromatic rings. The van der Waals surface area contributed by atoms with E-state index in [1.54, 1.807) is 59.0 Å². The highest BCUT2D eigenvalue weighted by atomic mass is 32.2. The fourth-order valence-electron chi connectivity index (χ4n) is 4.99. The summed E-state index contributed by atoms with van der Waals surface area (Å²) in [6.07, 6.45) is -0.849. The molecule has 1 N–H and O–H groups in total. The first kappa shape index (κ1) is 27.2. The van der Waals surface area contributed by atoms with E-state index in [0.717, 1.165) is 11.1 Å². The van der Waals surface area contributed by atoms with Crippen molar-refractivity contribution in [3.8, 4) is 22.6 Å². The van der Waals surface area contributed by atoms with Crippen molar-refractivity contribution in [3.63, 3.8) is 0 Å². The third kappa shape index (κ3) is 5.12. The summed E-state index contributed by atoms with van der Waals surface area (Å²) in [6, 6.07) is 27.6. The zero-order chi connectivity index (χ0) is 29.2. The highest BCUT2D eigenvalue weighted by Crippen LogP contribution is 2.38. The molecule has 0 spiro atoms. The number of nitrogens with one attached hydrogen (secondary N) is 1. The van der Waals surface area contributed by atoms with Gasteiger partial charge >= 0.3 is 23.4 Å². The molecule has 6 rings (SSSR count). The number of rotatable bonds is 7. The Labute approximate surface area is 245 Å². The summed E-state index contributed by atoms with van der Waals surface area (Å²) in [5.41, 5.74) is 3.46. The highest BCUT2D eigenvalue weighted by molar-refractivity contribution is 7.98. The van der Waals surface area contributed by atoms with E-state index in [1.165, 1.54) is 18.7 Å². The van der Waals surface area contributed by atoms with E-state index in [2.05, 4.69) is 4.98 Å². The van der Waals surface area contributed by atoms with Crippen LogP contribution >= 0.6 is 11.8 Å². The zero-order valence-corrected chi connectivity index (χ0v) is 23.8. The lowest BCUT2D eigenvalue weighted by atomic mass is 10.0. The van der Waals surface area contributed by atoms with Crippen molar-refractivity contribution in [1.29, 1.82) is 0 Å². The minimum atomic E-state index is -0.849. The SMILES string of the molecule is CCOC(=O)c1ccc(-c2ccc([C@H]3N(C(C)=O)c4ccccc4-c4c(=O)[nH]c(SCc5ccccc5)n[n+]43)o2)cc1. The van der Waals surface area contributed by atoms with Crippen LogP contribution in [0, 0.1) is 0 Å². The average Bonchev–Trinajstić information content (AvgIpc) is 3.50. The second kappa shape index (κ2) is 11.5. The number of thioether (sulfide) groups is 1. The van der Waals surface area contributed by atoms with Crippen LogP contribution in [0.2, 0.25) is 0 Å². The van der Waals surface area contributed by atoms with E-state index in [1.807, 2.05) is 48.5 Å². The molecule has 0 bridgehead atoms. The number of ether oxygens (including phenoxy) is 1.